The number of carbonyl (C=O) groups is 1. The topological polar surface area (TPSA) is 112 Å². The number of carboxylic acids is 1. The molecule has 0 aliphatic heterocycles. The van der Waals surface area contributed by atoms with Crippen molar-refractivity contribution in [1.82, 2.24) is 0 Å². The second-order valence-electron chi connectivity index (χ2n) is 5.20. The number of nitrogens with one attached hydrogen (secondary N) is 1. The molecule has 0 radical (unpaired) electrons. The van der Waals surface area contributed by atoms with Crippen molar-refractivity contribution in [2.24, 2.45) is 0 Å². The lowest BCUT2D eigenvalue weighted by Gasteiger charge is -2.21. The average molecular weight is 421 g/mol. The highest BCUT2D eigenvalue weighted by atomic mass is 79.9. The third kappa shape index (κ3) is 4.65. The molecule has 0 bridgehead atoms. The van der Waals surface area contributed by atoms with Gasteiger partial charge in [-0.2, -0.15) is 5.26 Å². The Morgan fingerprint density at radius 1 is 1.35 bits per heavy atom. The van der Waals surface area contributed by atoms with E-state index in [0.29, 0.717) is 27.0 Å². The van der Waals surface area contributed by atoms with Crippen molar-refractivity contribution in [1.29, 1.82) is 5.26 Å². The lowest BCUT2D eigenvalue weighted by Crippen LogP contribution is -2.22. The summed E-state index contributed by atoms with van der Waals surface area (Å²) in [5.41, 5.74) is 1.34. The Morgan fingerprint density at radius 2 is 2.04 bits per heavy atom. The molecule has 2 aromatic rings. The minimum atomic E-state index is -1.14. The van der Waals surface area contributed by atoms with Gasteiger partial charge in [-0.1, -0.05) is 15.9 Å². The minimum absolute atomic E-state index is 0.00576. The van der Waals surface area contributed by atoms with Crippen LogP contribution in [0.3, 0.4) is 0 Å². The predicted octanol–water partition coefficient (Wildman–Crippen LogP) is 2.94. The smallest absolute Gasteiger partial charge is 0.330 e. The van der Waals surface area contributed by atoms with Gasteiger partial charge in [0.2, 0.25) is 0 Å². The molecule has 1 unspecified atom stereocenters. The highest BCUT2D eigenvalue weighted by molar-refractivity contribution is 9.10. The number of rotatable bonds is 8. The molecule has 0 fully saturated rings. The van der Waals surface area contributed by atoms with E-state index in [-0.39, 0.29) is 19.0 Å². The van der Waals surface area contributed by atoms with Gasteiger partial charge in [0.05, 0.1) is 25.3 Å². The molecule has 3 N–H and O–H groups in total. The zero-order chi connectivity index (χ0) is 19.1. The van der Waals surface area contributed by atoms with Crippen molar-refractivity contribution in [2.45, 2.75) is 6.04 Å². The molecule has 8 heteroatoms. The van der Waals surface area contributed by atoms with Gasteiger partial charge < -0.3 is 25.0 Å². The number of methoxy groups -OCH3 is 1. The number of aliphatic hydroxyl groups is 1. The lowest BCUT2D eigenvalue weighted by atomic mass is 10.0. The van der Waals surface area contributed by atoms with Gasteiger partial charge in [0.25, 0.3) is 0 Å². The normalized spacial score (nSPS) is 11.3. The summed E-state index contributed by atoms with van der Waals surface area (Å²) in [6.45, 7) is -0.229. The molecular weight excluding hydrogens is 404 g/mol. The first kappa shape index (κ1) is 19.6. The molecular formula is C18H17BrN2O5. The fourth-order valence-electron chi connectivity index (χ4n) is 2.34. The van der Waals surface area contributed by atoms with Crippen LogP contribution in [-0.4, -0.2) is 36.5 Å². The maximum absolute atomic E-state index is 11.9. The van der Waals surface area contributed by atoms with E-state index in [1.165, 1.54) is 7.11 Å². The van der Waals surface area contributed by atoms with Crippen molar-refractivity contribution < 1.29 is 24.5 Å². The lowest BCUT2D eigenvalue weighted by molar-refractivity contribution is -0.138. The maximum Gasteiger partial charge on any atom is 0.330 e. The molecule has 1 atom stereocenters. The first-order valence-corrected chi connectivity index (χ1v) is 8.40. The zero-order valence-corrected chi connectivity index (χ0v) is 15.5. The van der Waals surface area contributed by atoms with Crippen LogP contribution < -0.4 is 14.8 Å². The van der Waals surface area contributed by atoms with E-state index in [4.69, 9.17) is 19.8 Å². The fraction of sp³-hybridized carbons (Fsp3) is 0.222. The number of aliphatic carboxylic acids is 1. The summed E-state index contributed by atoms with van der Waals surface area (Å²) in [6, 6.07) is 10.6. The van der Waals surface area contributed by atoms with E-state index in [0.717, 1.165) is 0 Å². The summed E-state index contributed by atoms with van der Waals surface area (Å²) < 4.78 is 11.4. The Labute approximate surface area is 158 Å². The second-order valence-corrected chi connectivity index (χ2v) is 6.12. The molecule has 0 aliphatic carbocycles. The maximum atomic E-state index is 11.9. The van der Waals surface area contributed by atoms with E-state index in [9.17, 15) is 9.90 Å². The van der Waals surface area contributed by atoms with E-state index < -0.39 is 12.0 Å². The summed E-state index contributed by atoms with van der Waals surface area (Å²) in [7, 11) is 1.45. The van der Waals surface area contributed by atoms with Gasteiger partial charge in [0.1, 0.15) is 6.61 Å². The van der Waals surface area contributed by atoms with Gasteiger partial charge >= 0.3 is 5.97 Å². The van der Waals surface area contributed by atoms with Crippen molar-refractivity contribution in [3.63, 3.8) is 0 Å². The number of nitrogens with zero attached hydrogens (tertiary/aromatic N) is 1. The number of benzene rings is 2. The van der Waals surface area contributed by atoms with Crippen LogP contribution in [0.25, 0.3) is 0 Å². The monoisotopic (exact) mass is 420 g/mol. The number of carboxylic acid groups (broad SMARTS) is 1. The summed E-state index contributed by atoms with van der Waals surface area (Å²) in [5.74, 6) is -0.544. The Balaban J connectivity index is 2.46. The van der Waals surface area contributed by atoms with Gasteiger partial charge in [-0.05, 0) is 36.4 Å². The molecule has 0 amide bonds. The summed E-state index contributed by atoms with van der Waals surface area (Å²) in [4.78, 5) is 11.9. The van der Waals surface area contributed by atoms with Crippen LogP contribution in [0, 0.1) is 11.3 Å². The van der Waals surface area contributed by atoms with Crippen molar-refractivity contribution in [3.05, 3.63) is 52.0 Å². The van der Waals surface area contributed by atoms with Crippen molar-refractivity contribution in [3.8, 4) is 17.6 Å². The number of ether oxygens (including phenoxy) is 2. The van der Waals surface area contributed by atoms with E-state index in [1.54, 1.807) is 36.4 Å². The molecule has 136 valence electrons. The SMILES string of the molecule is COc1cc(Br)cc(C(Nc2ccc(C#N)cc2)C(=O)O)c1OCCO. The van der Waals surface area contributed by atoms with Gasteiger partial charge in [-0.15, -0.1) is 0 Å². The molecule has 26 heavy (non-hydrogen) atoms. The molecule has 2 rings (SSSR count). The number of hydrogen-bond donors (Lipinski definition) is 3. The first-order valence-electron chi connectivity index (χ1n) is 7.60. The molecule has 7 nitrogen and oxygen atoms in total. The molecule has 0 saturated carbocycles. The Hall–Kier alpha value is -2.76. The number of nitriles is 1. The van der Waals surface area contributed by atoms with Crippen molar-refractivity contribution >= 4 is 27.6 Å². The predicted molar refractivity (Wildman–Crippen MR) is 98.4 cm³/mol. The Morgan fingerprint density at radius 3 is 2.58 bits per heavy atom. The van der Waals surface area contributed by atoms with Crippen LogP contribution >= 0.6 is 15.9 Å². The van der Waals surface area contributed by atoms with Gasteiger partial charge in [0, 0.05) is 15.7 Å². The summed E-state index contributed by atoms with van der Waals surface area (Å²) in [5, 5.41) is 30.5. The zero-order valence-electron chi connectivity index (χ0n) is 13.9. The van der Waals surface area contributed by atoms with Crippen LogP contribution in [0.4, 0.5) is 5.69 Å². The van der Waals surface area contributed by atoms with E-state index in [1.807, 2.05) is 6.07 Å². The third-order valence-corrected chi connectivity index (χ3v) is 3.95. The third-order valence-electron chi connectivity index (χ3n) is 3.49. The average Bonchev–Trinajstić information content (AvgIpc) is 2.64. The standard InChI is InChI=1S/C18H17BrN2O5/c1-25-15-9-12(19)8-14(17(15)26-7-6-22)16(18(23)24)21-13-4-2-11(10-20)3-5-13/h2-5,8-9,16,21-22H,6-7H2,1H3,(H,23,24). The molecule has 0 aromatic heterocycles. The second kappa shape index (κ2) is 9.08. The quantitative estimate of drug-likeness (QED) is 0.601. The molecule has 0 spiro atoms. The Bertz CT molecular complexity index is 818. The largest absolute Gasteiger partial charge is 0.493 e. The minimum Gasteiger partial charge on any atom is -0.493 e. The summed E-state index contributed by atoms with van der Waals surface area (Å²) >= 11 is 3.34. The van der Waals surface area contributed by atoms with Gasteiger partial charge in [0.15, 0.2) is 17.5 Å². The first-order chi connectivity index (χ1) is 12.5. The summed E-state index contributed by atoms with van der Waals surface area (Å²) in [6.07, 6.45) is 0. The van der Waals surface area contributed by atoms with Crippen molar-refractivity contribution in [2.75, 3.05) is 25.6 Å². The van der Waals surface area contributed by atoms with Gasteiger partial charge in [-0.3, -0.25) is 0 Å². The van der Waals surface area contributed by atoms with Gasteiger partial charge in [-0.25, -0.2) is 4.79 Å². The van der Waals surface area contributed by atoms with Crippen LogP contribution in [0.1, 0.15) is 17.2 Å². The molecule has 2 aromatic carbocycles. The molecule has 0 heterocycles. The number of halogens is 1. The van der Waals surface area contributed by atoms with Crippen LogP contribution in [0.5, 0.6) is 11.5 Å². The van der Waals surface area contributed by atoms with Crippen LogP contribution in [0.15, 0.2) is 40.9 Å². The van der Waals surface area contributed by atoms with E-state index in [2.05, 4.69) is 21.2 Å². The number of hydrogen-bond acceptors (Lipinski definition) is 6. The van der Waals surface area contributed by atoms with Crippen LogP contribution in [-0.2, 0) is 4.79 Å². The number of anilines is 1. The van der Waals surface area contributed by atoms with Crippen LogP contribution in [0.2, 0.25) is 0 Å². The fourth-order valence-corrected chi connectivity index (χ4v) is 2.79. The number of aliphatic hydroxyl groups excluding tert-OH is 1. The highest BCUT2D eigenvalue weighted by Crippen LogP contribution is 2.39. The highest BCUT2D eigenvalue weighted by Gasteiger charge is 2.26. The van der Waals surface area contributed by atoms with E-state index >= 15 is 0 Å². The molecule has 0 saturated heterocycles. The Kier molecular flexibility index (Phi) is 6.83. The molecule has 0 aliphatic rings.